The molecule has 0 saturated heterocycles. The normalized spacial score (nSPS) is 10.9. The molecule has 10 heteroatoms. The summed E-state index contributed by atoms with van der Waals surface area (Å²) in [6.07, 6.45) is 1.39. The lowest BCUT2D eigenvalue weighted by atomic mass is 10.2. The molecular weight excluding hydrogens is 402 g/mol. The Bertz CT molecular complexity index is 1160. The van der Waals surface area contributed by atoms with Gasteiger partial charge in [0.2, 0.25) is 11.8 Å². The fourth-order valence-corrected chi connectivity index (χ4v) is 3.69. The molecular formula is C19H18F2N4O3S. The van der Waals surface area contributed by atoms with E-state index in [1.54, 1.807) is 0 Å². The number of hydrogen-bond acceptors (Lipinski definition) is 5. The highest BCUT2D eigenvalue weighted by Gasteiger charge is 2.13. The van der Waals surface area contributed by atoms with Crippen LogP contribution in [0.4, 0.5) is 14.5 Å². The molecule has 0 aliphatic rings. The van der Waals surface area contributed by atoms with Gasteiger partial charge in [0.05, 0.1) is 18.3 Å². The number of benzene rings is 1. The largest absolute Gasteiger partial charge is 0.347 e. The summed E-state index contributed by atoms with van der Waals surface area (Å²) in [5, 5.41) is 5.33. The van der Waals surface area contributed by atoms with E-state index in [1.165, 1.54) is 28.3 Å². The molecule has 0 fully saturated rings. The SMILES string of the molecule is Cc1sc2ncn(CCC(=O)NCC(=O)Nc3ccc(F)c(F)c3)c(=O)c2c1C. The van der Waals surface area contributed by atoms with E-state index in [0.717, 1.165) is 22.6 Å². The maximum atomic E-state index is 13.1. The van der Waals surface area contributed by atoms with Crippen LogP contribution >= 0.6 is 11.3 Å². The number of halogens is 2. The Kier molecular flexibility index (Phi) is 6.02. The van der Waals surface area contributed by atoms with Gasteiger partial charge in [-0.15, -0.1) is 11.3 Å². The zero-order chi connectivity index (χ0) is 21.1. The molecule has 2 amide bonds. The summed E-state index contributed by atoms with van der Waals surface area (Å²) in [7, 11) is 0. The van der Waals surface area contributed by atoms with Gasteiger partial charge < -0.3 is 10.6 Å². The molecule has 0 saturated carbocycles. The number of anilines is 1. The van der Waals surface area contributed by atoms with E-state index in [1.807, 2.05) is 13.8 Å². The topological polar surface area (TPSA) is 93.1 Å². The summed E-state index contributed by atoms with van der Waals surface area (Å²) < 4.78 is 27.4. The summed E-state index contributed by atoms with van der Waals surface area (Å²) >= 11 is 1.45. The number of aryl methyl sites for hydroxylation is 3. The fraction of sp³-hybridized carbons (Fsp3) is 0.263. The zero-order valence-corrected chi connectivity index (χ0v) is 16.5. The maximum Gasteiger partial charge on any atom is 0.262 e. The molecule has 0 atom stereocenters. The maximum absolute atomic E-state index is 13.1. The third-order valence-corrected chi connectivity index (χ3v) is 5.50. The Morgan fingerprint density at radius 1 is 1.17 bits per heavy atom. The van der Waals surface area contributed by atoms with Crippen LogP contribution in [0, 0.1) is 25.5 Å². The van der Waals surface area contributed by atoms with Crippen LogP contribution in [-0.2, 0) is 16.1 Å². The zero-order valence-electron chi connectivity index (χ0n) is 15.7. The van der Waals surface area contributed by atoms with Crippen molar-refractivity contribution in [3.8, 4) is 0 Å². The number of carbonyl (C=O) groups is 2. The second-order valence-electron chi connectivity index (χ2n) is 6.41. The van der Waals surface area contributed by atoms with Gasteiger partial charge in [0.1, 0.15) is 4.83 Å². The van der Waals surface area contributed by atoms with Crippen LogP contribution in [0.1, 0.15) is 16.9 Å². The third-order valence-electron chi connectivity index (χ3n) is 4.39. The van der Waals surface area contributed by atoms with Crippen molar-refractivity contribution in [2.24, 2.45) is 0 Å². The summed E-state index contributed by atoms with van der Waals surface area (Å²) in [4.78, 5) is 42.3. The number of thiophene rings is 1. The van der Waals surface area contributed by atoms with E-state index in [0.29, 0.717) is 10.2 Å². The molecule has 2 N–H and O–H groups in total. The summed E-state index contributed by atoms with van der Waals surface area (Å²) in [5.41, 5.74) is 0.756. The molecule has 29 heavy (non-hydrogen) atoms. The van der Waals surface area contributed by atoms with Crippen molar-refractivity contribution in [1.29, 1.82) is 0 Å². The lowest BCUT2D eigenvalue weighted by Crippen LogP contribution is -2.34. The van der Waals surface area contributed by atoms with Gasteiger partial charge in [0.15, 0.2) is 11.6 Å². The lowest BCUT2D eigenvalue weighted by molar-refractivity contribution is -0.124. The van der Waals surface area contributed by atoms with E-state index in [-0.39, 0.29) is 30.8 Å². The second-order valence-corrected chi connectivity index (χ2v) is 7.61. The van der Waals surface area contributed by atoms with Gasteiger partial charge in [-0.25, -0.2) is 13.8 Å². The summed E-state index contributed by atoms with van der Waals surface area (Å²) in [6.45, 7) is 3.56. The first-order chi connectivity index (χ1) is 13.8. The number of nitrogens with zero attached hydrogens (tertiary/aromatic N) is 2. The van der Waals surface area contributed by atoms with Crippen LogP contribution in [0.15, 0.2) is 29.3 Å². The van der Waals surface area contributed by atoms with Crippen LogP contribution < -0.4 is 16.2 Å². The predicted octanol–water partition coefficient (Wildman–Crippen LogP) is 2.50. The minimum Gasteiger partial charge on any atom is -0.347 e. The Balaban J connectivity index is 1.53. The van der Waals surface area contributed by atoms with E-state index >= 15 is 0 Å². The number of nitrogens with one attached hydrogen (secondary N) is 2. The Morgan fingerprint density at radius 2 is 1.93 bits per heavy atom. The van der Waals surface area contributed by atoms with Gasteiger partial charge in [0, 0.05) is 29.6 Å². The third kappa shape index (κ3) is 4.65. The average molecular weight is 420 g/mol. The Morgan fingerprint density at radius 3 is 2.66 bits per heavy atom. The van der Waals surface area contributed by atoms with Crippen molar-refractivity contribution in [2.75, 3.05) is 11.9 Å². The Hall–Kier alpha value is -3.14. The standard InChI is InChI=1S/C19H18F2N4O3S/c1-10-11(2)29-18-17(10)19(28)25(9-23-18)6-5-15(26)22-8-16(27)24-12-3-4-13(20)14(21)7-12/h3-4,7,9H,5-6,8H2,1-2H3,(H,22,26)(H,24,27). The number of hydrogen-bond donors (Lipinski definition) is 2. The second kappa shape index (κ2) is 8.48. The van der Waals surface area contributed by atoms with Crippen LogP contribution in [0.3, 0.4) is 0 Å². The van der Waals surface area contributed by atoms with Crippen LogP contribution in [0.5, 0.6) is 0 Å². The molecule has 0 bridgehead atoms. The highest BCUT2D eigenvalue weighted by atomic mass is 32.1. The highest BCUT2D eigenvalue weighted by Crippen LogP contribution is 2.25. The van der Waals surface area contributed by atoms with Crippen LogP contribution in [0.2, 0.25) is 0 Å². The monoisotopic (exact) mass is 420 g/mol. The molecule has 0 unspecified atom stereocenters. The average Bonchev–Trinajstić information content (AvgIpc) is 2.97. The smallest absolute Gasteiger partial charge is 0.262 e. The van der Waals surface area contributed by atoms with Crippen LogP contribution in [0.25, 0.3) is 10.2 Å². The van der Waals surface area contributed by atoms with Crippen molar-refractivity contribution in [3.63, 3.8) is 0 Å². The first-order valence-electron chi connectivity index (χ1n) is 8.73. The molecule has 0 spiro atoms. The van der Waals surface area contributed by atoms with E-state index in [4.69, 9.17) is 0 Å². The molecule has 152 valence electrons. The summed E-state index contributed by atoms with van der Waals surface area (Å²) in [6, 6.07) is 2.95. The highest BCUT2D eigenvalue weighted by molar-refractivity contribution is 7.18. The van der Waals surface area contributed by atoms with Crippen molar-refractivity contribution in [1.82, 2.24) is 14.9 Å². The van der Waals surface area contributed by atoms with Crippen molar-refractivity contribution >= 4 is 39.1 Å². The number of aromatic nitrogens is 2. The van der Waals surface area contributed by atoms with Gasteiger partial charge in [-0.2, -0.15) is 0 Å². The first-order valence-corrected chi connectivity index (χ1v) is 9.54. The van der Waals surface area contributed by atoms with Gasteiger partial charge in [-0.3, -0.25) is 19.0 Å². The molecule has 7 nitrogen and oxygen atoms in total. The quantitative estimate of drug-likeness (QED) is 0.641. The minimum absolute atomic E-state index is 0.0201. The molecule has 2 aromatic heterocycles. The van der Waals surface area contributed by atoms with Gasteiger partial charge in [0.25, 0.3) is 5.56 Å². The molecule has 0 radical (unpaired) electrons. The van der Waals surface area contributed by atoms with Crippen molar-refractivity contribution in [3.05, 3.63) is 57.0 Å². The molecule has 0 aliphatic heterocycles. The van der Waals surface area contributed by atoms with E-state index in [9.17, 15) is 23.2 Å². The molecule has 3 aromatic rings. The molecule has 1 aromatic carbocycles. The number of amides is 2. The minimum atomic E-state index is -1.08. The van der Waals surface area contributed by atoms with Gasteiger partial charge in [-0.05, 0) is 31.5 Å². The number of carbonyl (C=O) groups excluding carboxylic acids is 2. The Labute approximate surface area is 168 Å². The van der Waals surface area contributed by atoms with Gasteiger partial charge in [-0.1, -0.05) is 0 Å². The van der Waals surface area contributed by atoms with Crippen LogP contribution in [-0.4, -0.2) is 27.9 Å². The van der Waals surface area contributed by atoms with Crippen molar-refractivity contribution in [2.45, 2.75) is 26.8 Å². The lowest BCUT2D eigenvalue weighted by Gasteiger charge is -2.08. The first kappa shape index (κ1) is 20.6. The molecule has 3 rings (SSSR count). The van der Waals surface area contributed by atoms with Gasteiger partial charge >= 0.3 is 0 Å². The fourth-order valence-electron chi connectivity index (χ4n) is 2.70. The van der Waals surface area contributed by atoms with E-state index < -0.39 is 23.4 Å². The molecule has 0 aliphatic carbocycles. The van der Waals surface area contributed by atoms with Crippen molar-refractivity contribution < 1.29 is 18.4 Å². The molecule has 2 heterocycles. The number of rotatable bonds is 6. The predicted molar refractivity (Wildman–Crippen MR) is 106 cm³/mol. The summed E-state index contributed by atoms with van der Waals surface area (Å²) in [5.74, 6) is -3.13. The van der Waals surface area contributed by atoms with E-state index in [2.05, 4.69) is 15.6 Å². The number of fused-ring (bicyclic) bond motifs is 1.